The number of H-pyrrole nitrogens is 1. The highest BCUT2D eigenvalue weighted by Gasteiger charge is 2.19. The van der Waals surface area contributed by atoms with E-state index in [1.54, 1.807) is 30.3 Å². The fourth-order valence-corrected chi connectivity index (χ4v) is 3.18. The van der Waals surface area contributed by atoms with Crippen molar-refractivity contribution in [3.05, 3.63) is 71.9 Å². The molecule has 4 rings (SSSR count). The molecule has 2 aromatic carbocycles. The largest absolute Gasteiger partial charge is 0.490 e. The van der Waals surface area contributed by atoms with Crippen molar-refractivity contribution < 1.29 is 19.1 Å². The summed E-state index contributed by atoms with van der Waals surface area (Å²) in [6, 6.07) is 18.0. The molecule has 1 aliphatic rings. The number of hydrogen-bond acceptors (Lipinski definition) is 5. The van der Waals surface area contributed by atoms with Crippen molar-refractivity contribution in [3.8, 4) is 17.0 Å². The second kappa shape index (κ2) is 9.23. The van der Waals surface area contributed by atoms with E-state index in [1.165, 1.54) is 0 Å². The zero-order valence-electron chi connectivity index (χ0n) is 16.3. The van der Waals surface area contributed by atoms with Crippen molar-refractivity contribution in [2.24, 2.45) is 0 Å². The molecule has 1 fully saturated rings. The third-order valence-corrected chi connectivity index (χ3v) is 4.76. The molecule has 3 N–H and O–H groups in total. The number of hydrazine groups is 1. The van der Waals surface area contributed by atoms with Crippen molar-refractivity contribution in [1.82, 2.24) is 21.0 Å². The highest BCUT2D eigenvalue weighted by molar-refractivity contribution is 6.00. The number of rotatable bonds is 6. The average molecular weight is 406 g/mol. The van der Waals surface area contributed by atoms with Crippen molar-refractivity contribution in [2.45, 2.75) is 18.9 Å². The van der Waals surface area contributed by atoms with Gasteiger partial charge in [0.25, 0.3) is 11.8 Å². The number of carbonyl (C=O) groups is 2. The minimum absolute atomic E-state index is 0.0417. The lowest BCUT2D eigenvalue weighted by Crippen LogP contribution is -2.42. The van der Waals surface area contributed by atoms with Gasteiger partial charge in [0, 0.05) is 12.2 Å². The van der Waals surface area contributed by atoms with Crippen LogP contribution in [-0.4, -0.2) is 41.3 Å². The van der Waals surface area contributed by atoms with Gasteiger partial charge in [0.2, 0.25) is 0 Å². The van der Waals surface area contributed by atoms with E-state index in [1.807, 2.05) is 30.3 Å². The summed E-state index contributed by atoms with van der Waals surface area (Å²) in [5.74, 6) is -0.544. The number of aromatic nitrogens is 2. The van der Waals surface area contributed by atoms with Crippen molar-refractivity contribution in [3.63, 3.8) is 0 Å². The Morgan fingerprint density at radius 1 is 1.07 bits per heavy atom. The van der Waals surface area contributed by atoms with Gasteiger partial charge in [-0.25, -0.2) is 0 Å². The molecule has 1 saturated heterocycles. The molecule has 2 heterocycles. The number of para-hydroxylation sites is 1. The molecular weight excluding hydrogens is 384 g/mol. The molecule has 1 atom stereocenters. The summed E-state index contributed by atoms with van der Waals surface area (Å²) < 4.78 is 11.3. The molecule has 3 aromatic rings. The summed E-state index contributed by atoms with van der Waals surface area (Å²) >= 11 is 0. The topological polar surface area (TPSA) is 105 Å². The van der Waals surface area contributed by atoms with Gasteiger partial charge in [-0.1, -0.05) is 42.5 Å². The molecule has 0 saturated carbocycles. The standard InChI is InChI=1S/C22H22N4O4/c27-21(17-10-4-5-11-20(17)30-14-16-9-6-12-29-16)25-26-22(28)19-13-18(23-24-19)15-7-2-1-3-8-15/h1-5,7-8,10-11,13,16H,6,9,12,14H2,(H,23,24)(H,25,27)(H,26,28)/t16-/m1/s1. The van der Waals surface area contributed by atoms with E-state index < -0.39 is 11.8 Å². The number of carbonyl (C=O) groups excluding carboxylic acids is 2. The summed E-state index contributed by atoms with van der Waals surface area (Å²) in [6.07, 6.45) is 2.00. The highest BCUT2D eigenvalue weighted by Crippen LogP contribution is 2.20. The third kappa shape index (κ3) is 4.66. The molecule has 154 valence electrons. The number of hydrogen-bond donors (Lipinski definition) is 3. The molecular formula is C22H22N4O4. The number of aromatic amines is 1. The van der Waals surface area contributed by atoms with Gasteiger partial charge in [-0.3, -0.25) is 25.5 Å². The SMILES string of the molecule is O=C(NNC(=O)c1ccccc1OC[C@H]1CCCO1)c1cc(-c2ccccc2)n[nH]1. The van der Waals surface area contributed by atoms with Crippen LogP contribution in [-0.2, 0) is 4.74 Å². The Morgan fingerprint density at radius 2 is 1.83 bits per heavy atom. The smallest absolute Gasteiger partial charge is 0.287 e. The molecule has 8 heteroatoms. The highest BCUT2D eigenvalue weighted by atomic mass is 16.5. The van der Waals surface area contributed by atoms with Crippen LogP contribution in [0.3, 0.4) is 0 Å². The maximum Gasteiger partial charge on any atom is 0.287 e. The van der Waals surface area contributed by atoms with Crippen LogP contribution < -0.4 is 15.6 Å². The number of nitrogens with one attached hydrogen (secondary N) is 3. The van der Waals surface area contributed by atoms with Crippen molar-refractivity contribution in [2.75, 3.05) is 13.2 Å². The first-order chi connectivity index (χ1) is 14.7. The number of ether oxygens (including phenoxy) is 2. The fraction of sp³-hybridized carbons (Fsp3) is 0.227. The van der Waals surface area contributed by atoms with E-state index in [2.05, 4.69) is 21.0 Å². The van der Waals surface area contributed by atoms with Gasteiger partial charge in [-0.05, 0) is 31.0 Å². The first kappa shape index (κ1) is 19.7. The fourth-order valence-electron chi connectivity index (χ4n) is 3.18. The van der Waals surface area contributed by atoms with Crippen molar-refractivity contribution >= 4 is 11.8 Å². The first-order valence-electron chi connectivity index (χ1n) is 9.75. The van der Waals surface area contributed by atoms with Crippen LogP contribution >= 0.6 is 0 Å². The summed E-state index contributed by atoms with van der Waals surface area (Å²) in [4.78, 5) is 24.9. The number of nitrogens with zero attached hydrogens (tertiary/aromatic N) is 1. The van der Waals surface area contributed by atoms with Gasteiger partial charge >= 0.3 is 0 Å². The molecule has 8 nitrogen and oxygen atoms in total. The van der Waals surface area contributed by atoms with E-state index in [9.17, 15) is 9.59 Å². The number of benzene rings is 2. The van der Waals surface area contributed by atoms with Crippen LogP contribution in [0.15, 0.2) is 60.7 Å². The van der Waals surface area contributed by atoms with Gasteiger partial charge in [0.05, 0.1) is 17.4 Å². The van der Waals surface area contributed by atoms with Crippen LogP contribution in [0.25, 0.3) is 11.3 Å². The van der Waals surface area contributed by atoms with Gasteiger partial charge in [0.15, 0.2) is 0 Å². The molecule has 0 aliphatic carbocycles. The Labute approximate surface area is 173 Å². The van der Waals surface area contributed by atoms with Gasteiger partial charge in [-0.15, -0.1) is 0 Å². The Morgan fingerprint density at radius 3 is 2.63 bits per heavy atom. The summed E-state index contributed by atoms with van der Waals surface area (Å²) in [5, 5.41) is 6.82. The zero-order chi connectivity index (χ0) is 20.8. The van der Waals surface area contributed by atoms with E-state index in [0.29, 0.717) is 23.6 Å². The minimum Gasteiger partial charge on any atom is -0.490 e. The minimum atomic E-state index is -0.504. The van der Waals surface area contributed by atoms with Crippen molar-refractivity contribution in [1.29, 1.82) is 0 Å². The van der Waals surface area contributed by atoms with Crippen LogP contribution in [0.5, 0.6) is 5.75 Å². The molecule has 2 amide bonds. The normalized spacial score (nSPS) is 15.5. The van der Waals surface area contributed by atoms with E-state index >= 15 is 0 Å². The van der Waals surface area contributed by atoms with Crippen LogP contribution in [0.1, 0.15) is 33.7 Å². The Hall–Kier alpha value is -3.65. The Bertz CT molecular complexity index is 1010. The Balaban J connectivity index is 1.35. The lowest BCUT2D eigenvalue weighted by Gasteiger charge is -2.14. The molecule has 0 spiro atoms. The maximum absolute atomic E-state index is 12.6. The molecule has 1 aromatic heterocycles. The Kier molecular flexibility index (Phi) is 6.05. The van der Waals surface area contributed by atoms with E-state index in [-0.39, 0.29) is 11.8 Å². The predicted molar refractivity (Wildman–Crippen MR) is 110 cm³/mol. The molecule has 1 aliphatic heterocycles. The summed E-state index contributed by atoms with van der Waals surface area (Å²) in [5.41, 5.74) is 6.89. The molecule has 0 bridgehead atoms. The predicted octanol–water partition coefficient (Wildman–Crippen LogP) is 2.71. The third-order valence-electron chi connectivity index (χ3n) is 4.76. The molecule has 0 unspecified atom stereocenters. The lowest BCUT2D eigenvalue weighted by atomic mass is 10.1. The van der Waals surface area contributed by atoms with Gasteiger partial charge < -0.3 is 9.47 Å². The maximum atomic E-state index is 12.6. The molecule has 0 radical (unpaired) electrons. The van der Waals surface area contributed by atoms with Crippen LogP contribution in [0.2, 0.25) is 0 Å². The average Bonchev–Trinajstić information content (AvgIpc) is 3.49. The van der Waals surface area contributed by atoms with E-state index in [4.69, 9.17) is 9.47 Å². The van der Waals surface area contributed by atoms with Gasteiger partial charge in [-0.2, -0.15) is 5.10 Å². The summed E-state index contributed by atoms with van der Waals surface area (Å²) in [7, 11) is 0. The van der Waals surface area contributed by atoms with Gasteiger partial charge in [0.1, 0.15) is 18.1 Å². The summed E-state index contributed by atoms with van der Waals surface area (Å²) in [6.45, 7) is 1.12. The zero-order valence-corrected chi connectivity index (χ0v) is 16.3. The molecule has 30 heavy (non-hydrogen) atoms. The van der Waals surface area contributed by atoms with Crippen LogP contribution in [0.4, 0.5) is 0 Å². The number of amides is 2. The first-order valence-corrected chi connectivity index (χ1v) is 9.75. The second-order valence-electron chi connectivity index (χ2n) is 6.88. The van der Waals surface area contributed by atoms with Crippen LogP contribution in [0, 0.1) is 0 Å². The second-order valence-corrected chi connectivity index (χ2v) is 6.88. The van der Waals surface area contributed by atoms with E-state index in [0.717, 1.165) is 25.0 Å². The lowest BCUT2D eigenvalue weighted by molar-refractivity contribution is 0.0669. The quantitative estimate of drug-likeness (QED) is 0.546. The monoisotopic (exact) mass is 406 g/mol.